The van der Waals surface area contributed by atoms with Gasteiger partial charge in [0.05, 0.1) is 45.1 Å². The van der Waals surface area contributed by atoms with Gasteiger partial charge in [0.25, 0.3) is 0 Å². The van der Waals surface area contributed by atoms with E-state index in [2.05, 4.69) is 65.6 Å². The highest BCUT2D eigenvalue weighted by atomic mass is 15.7. The summed E-state index contributed by atoms with van der Waals surface area (Å²) < 4.78 is 0. The first-order chi connectivity index (χ1) is 18.6. The molecule has 10 heteroatoms. The number of fused-ring (bicyclic) bond motifs is 1. The van der Waals surface area contributed by atoms with E-state index in [4.69, 9.17) is 7.85 Å². The number of nitriles is 3. The first-order valence-electron chi connectivity index (χ1n) is 12.8. The van der Waals surface area contributed by atoms with Gasteiger partial charge >= 0.3 is 0 Å². The van der Waals surface area contributed by atoms with Gasteiger partial charge in [-0.3, -0.25) is 9.99 Å². The zero-order chi connectivity index (χ0) is 27.8. The van der Waals surface area contributed by atoms with Gasteiger partial charge in [-0.2, -0.15) is 15.8 Å². The van der Waals surface area contributed by atoms with Gasteiger partial charge in [-0.05, 0) is 48.1 Å². The van der Waals surface area contributed by atoms with Crippen LogP contribution in [0, 0.1) is 39.4 Å². The average molecular weight is 513 g/mol. The lowest BCUT2D eigenvalue weighted by molar-refractivity contribution is 0.260. The Morgan fingerprint density at radius 2 is 1.85 bits per heavy atom. The molecular weight excluding hydrogens is 485 g/mol. The van der Waals surface area contributed by atoms with E-state index in [1.807, 2.05) is 23.3 Å². The van der Waals surface area contributed by atoms with Gasteiger partial charge in [0, 0.05) is 36.1 Å². The molecule has 5 rings (SSSR count). The molecule has 9 nitrogen and oxygen atoms in total. The van der Waals surface area contributed by atoms with Crippen LogP contribution >= 0.6 is 0 Å². The first kappa shape index (κ1) is 25.9. The highest BCUT2D eigenvalue weighted by Gasteiger charge is 2.38. The number of hydrazine groups is 2. The van der Waals surface area contributed by atoms with Crippen molar-refractivity contribution in [1.29, 1.82) is 15.8 Å². The average Bonchev–Trinajstić information content (AvgIpc) is 3.66. The zero-order valence-electron chi connectivity index (χ0n) is 22.1. The monoisotopic (exact) mass is 513 g/mol. The van der Waals surface area contributed by atoms with Crippen LogP contribution in [0.4, 0.5) is 11.4 Å². The van der Waals surface area contributed by atoms with E-state index in [1.165, 1.54) is 6.20 Å². The molecule has 0 bridgehead atoms. The third kappa shape index (κ3) is 5.18. The van der Waals surface area contributed by atoms with Crippen molar-refractivity contribution in [3.8, 4) is 18.2 Å². The SMILES string of the molecule is [B]C(Nc1cc(C#N)c2ncc(C#N)c(NCC(C)(C)C)c2c1)(C1=CN(C2CC2)NN1)c1cccc(C#N)c1. The van der Waals surface area contributed by atoms with Crippen molar-refractivity contribution >= 4 is 30.1 Å². The quantitative estimate of drug-likeness (QED) is 0.345. The van der Waals surface area contributed by atoms with Gasteiger partial charge in [0.2, 0.25) is 0 Å². The minimum Gasteiger partial charge on any atom is -0.383 e. The predicted octanol–water partition coefficient (Wildman–Crippen LogP) is 4.07. The topological polar surface area (TPSA) is 136 Å². The molecule has 3 aromatic rings. The molecular formula is C29H28BN9. The fourth-order valence-electron chi connectivity index (χ4n) is 4.52. The third-order valence-electron chi connectivity index (χ3n) is 6.75. The summed E-state index contributed by atoms with van der Waals surface area (Å²) in [6.07, 6.45) is 5.60. The number of hydrogen-bond acceptors (Lipinski definition) is 9. The lowest BCUT2D eigenvalue weighted by Gasteiger charge is -2.34. The number of nitrogens with zero attached hydrogens (tertiary/aromatic N) is 5. The van der Waals surface area contributed by atoms with Gasteiger partial charge in [0.15, 0.2) is 0 Å². The van der Waals surface area contributed by atoms with Crippen LogP contribution in [0.2, 0.25) is 0 Å². The number of nitrogens with one attached hydrogen (secondary N) is 4. The van der Waals surface area contributed by atoms with Crippen molar-refractivity contribution < 1.29 is 0 Å². The van der Waals surface area contributed by atoms with Crippen molar-refractivity contribution in [2.24, 2.45) is 5.41 Å². The normalized spacial score (nSPS) is 16.3. The maximum Gasteiger partial charge on any atom is 0.119 e. The summed E-state index contributed by atoms with van der Waals surface area (Å²) in [4.78, 5) is 4.44. The molecule has 39 heavy (non-hydrogen) atoms. The van der Waals surface area contributed by atoms with Crippen LogP contribution in [0.25, 0.3) is 10.9 Å². The Bertz CT molecular complexity index is 1600. The Hall–Kier alpha value is -4.72. The molecule has 0 amide bonds. The minimum absolute atomic E-state index is 0.0462. The van der Waals surface area contributed by atoms with Gasteiger partial charge in [0.1, 0.15) is 20.0 Å². The van der Waals surface area contributed by atoms with Crippen LogP contribution in [0.3, 0.4) is 0 Å². The number of hydrogen-bond donors (Lipinski definition) is 4. The second-order valence-electron chi connectivity index (χ2n) is 11.1. The van der Waals surface area contributed by atoms with E-state index < -0.39 is 5.44 Å². The maximum absolute atomic E-state index is 10.0. The lowest BCUT2D eigenvalue weighted by atomic mass is 9.69. The Morgan fingerprint density at radius 1 is 1.08 bits per heavy atom. The number of anilines is 2. The Kier molecular flexibility index (Phi) is 6.56. The molecule has 192 valence electrons. The van der Waals surface area contributed by atoms with Gasteiger partial charge < -0.3 is 16.1 Å². The summed E-state index contributed by atoms with van der Waals surface area (Å²) in [7, 11) is 7.12. The molecule has 2 heterocycles. The van der Waals surface area contributed by atoms with E-state index in [0.29, 0.717) is 62.8 Å². The van der Waals surface area contributed by atoms with Crippen molar-refractivity contribution in [2.75, 3.05) is 17.2 Å². The largest absolute Gasteiger partial charge is 0.383 e. The molecule has 1 aromatic heterocycles. The van der Waals surface area contributed by atoms with Crippen LogP contribution < -0.4 is 21.6 Å². The molecule has 1 fully saturated rings. The number of rotatable bonds is 7. The predicted molar refractivity (Wildman–Crippen MR) is 151 cm³/mol. The van der Waals surface area contributed by atoms with Crippen LogP contribution in [-0.2, 0) is 5.44 Å². The number of benzene rings is 2. The second kappa shape index (κ2) is 9.87. The van der Waals surface area contributed by atoms with E-state index in [0.717, 1.165) is 12.8 Å². The van der Waals surface area contributed by atoms with E-state index in [9.17, 15) is 15.8 Å². The standard InChI is InChI=1S/C29H28BN9/c1-28(2,3)17-35-27-20(14-33)15-34-26-19(13-32)10-22(11-24(26)27)36-29(30,21-6-4-5-18(9-21)12-31)25-16-39(38-37-25)23-7-8-23/h4-6,9-11,15-16,23,36-38H,7-8,17H2,1-3H3,(H,34,35). The molecule has 1 saturated carbocycles. The summed E-state index contributed by atoms with van der Waals surface area (Å²) in [6, 6.07) is 17.7. The van der Waals surface area contributed by atoms with Gasteiger partial charge in [-0.25, -0.2) is 0 Å². The number of aromatic nitrogens is 1. The van der Waals surface area contributed by atoms with E-state index >= 15 is 0 Å². The summed E-state index contributed by atoms with van der Waals surface area (Å²) in [5.74, 6) is 0. The molecule has 2 radical (unpaired) electrons. The lowest BCUT2D eigenvalue weighted by Crippen LogP contribution is -2.45. The summed E-state index contributed by atoms with van der Waals surface area (Å²) in [5.41, 5.74) is 9.21. The van der Waals surface area contributed by atoms with Gasteiger partial charge in [-0.15, -0.1) is 5.53 Å². The molecule has 0 saturated heterocycles. The molecule has 2 aliphatic rings. The fourth-order valence-corrected chi connectivity index (χ4v) is 4.52. The third-order valence-corrected chi connectivity index (χ3v) is 6.75. The summed E-state index contributed by atoms with van der Waals surface area (Å²) in [6.45, 7) is 6.91. The van der Waals surface area contributed by atoms with Gasteiger partial charge in [-0.1, -0.05) is 32.9 Å². The van der Waals surface area contributed by atoms with E-state index in [-0.39, 0.29) is 5.41 Å². The molecule has 4 N–H and O–H groups in total. The Balaban J connectivity index is 1.65. The van der Waals surface area contributed by atoms with Crippen LogP contribution in [0.15, 0.2) is 54.5 Å². The summed E-state index contributed by atoms with van der Waals surface area (Å²) >= 11 is 0. The van der Waals surface area contributed by atoms with Crippen molar-refractivity contribution in [2.45, 2.75) is 45.1 Å². The smallest absolute Gasteiger partial charge is 0.119 e. The molecule has 1 unspecified atom stereocenters. The highest BCUT2D eigenvalue weighted by molar-refractivity contribution is 6.19. The van der Waals surface area contributed by atoms with Crippen LogP contribution in [-0.4, -0.2) is 30.4 Å². The Labute approximate surface area is 229 Å². The molecule has 2 aromatic carbocycles. The van der Waals surface area contributed by atoms with E-state index in [1.54, 1.807) is 24.3 Å². The highest BCUT2D eigenvalue weighted by Crippen LogP contribution is 2.37. The minimum atomic E-state index is -1.29. The van der Waals surface area contributed by atoms with Crippen LogP contribution in [0.1, 0.15) is 55.9 Å². The second-order valence-corrected chi connectivity index (χ2v) is 11.1. The van der Waals surface area contributed by atoms with Crippen LogP contribution in [0.5, 0.6) is 0 Å². The number of pyridine rings is 1. The zero-order valence-corrected chi connectivity index (χ0v) is 22.1. The molecule has 1 aliphatic carbocycles. The summed E-state index contributed by atoms with van der Waals surface area (Å²) in [5, 5.41) is 38.9. The van der Waals surface area contributed by atoms with Crippen molar-refractivity contribution in [3.63, 3.8) is 0 Å². The fraction of sp³-hybridized carbons (Fsp3) is 0.310. The first-order valence-corrected chi connectivity index (χ1v) is 12.8. The Morgan fingerprint density at radius 3 is 2.51 bits per heavy atom. The van der Waals surface area contributed by atoms with Crippen molar-refractivity contribution in [1.82, 2.24) is 21.0 Å². The maximum atomic E-state index is 10.0. The molecule has 1 atom stereocenters. The molecule has 0 spiro atoms. The van der Waals surface area contributed by atoms with Crippen molar-refractivity contribution in [3.05, 3.63) is 76.7 Å². The molecule has 1 aliphatic heterocycles.